The second-order valence-corrected chi connectivity index (χ2v) is 16.2. The number of halogens is 1. The Labute approximate surface area is 396 Å². The maximum atomic E-state index is 12.7. The normalized spacial score (nSPS) is 15.2. The summed E-state index contributed by atoms with van der Waals surface area (Å²) >= 11 is 0. The summed E-state index contributed by atoms with van der Waals surface area (Å²) in [6.07, 6.45) is 7.90. The quantitative estimate of drug-likeness (QED) is 0.113. The molecule has 6 aromatic heterocycles. The molecule has 8 heterocycles. The molecule has 0 spiro atoms. The van der Waals surface area contributed by atoms with E-state index in [4.69, 9.17) is 21.7 Å². The van der Waals surface area contributed by atoms with Crippen molar-refractivity contribution in [1.29, 1.82) is 0 Å². The number of nitrogens with two attached hydrogens (primary N) is 2. The average Bonchev–Trinajstić information content (AvgIpc) is 4.17. The number of carbonyl (C=O) groups is 3. The van der Waals surface area contributed by atoms with E-state index in [9.17, 15) is 14.4 Å². The fraction of sp³-hybridized carbons (Fsp3) is 0.229. The van der Waals surface area contributed by atoms with Crippen LogP contribution in [0.25, 0.3) is 44.6 Å². The Balaban J connectivity index is 0.000000183. The molecule has 3 amide bonds. The van der Waals surface area contributed by atoms with E-state index in [0.717, 1.165) is 59.2 Å². The number of aryl methyl sites for hydroxylation is 2. The zero-order valence-corrected chi connectivity index (χ0v) is 38.2. The molecule has 19 nitrogen and oxygen atoms in total. The van der Waals surface area contributed by atoms with E-state index in [1.165, 1.54) is 12.7 Å². The van der Waals surface area contributed by atoms with E-state index >= 15 is 0 Å². The first-order chi connectivity index (χ1) is 32.5. The van der Waals surface area contributed by atoms with E-state index in [2.05, 4.69) is 57.7 Å². The molecule has 0 unspecified atom stereocenters. The second-order valence-electron chi connectivity index (χ2n) is 16.2. The molecular weight excluding hydrogens is 884 g/mol. The van der Waals surface area contributed by atoms with Crippen molar-refractivity contribution in [2.45, 2.75) is 45.7 Å². The van der Waals surface area contributed by atoms with Crippen LogP contribution in [-0.2, 0) is 4.79 Å². The van der Waals surface area contributed by atoms with E-state index in [1.54, 1.807) is 54.5 Å². The third-order valence-corrected chi connectivity index (χ3v) is 11.6. The molecule has 2 aliphatic rings. The molecular formula is C48H47ClN16O3. The summed E-state index contributed by atoms with van der Waals surface area (Å²) in [6.45, 7) is 8.40. The summed E-state index contributed by atoms with van der Waals surface area (Å²) in [5.74, 6) is 6.30. The van der Waals surface area contributed by atoms with Crippen molar-refractivity contribution in [3.05, 3.63) is 120 Å². The van der Waals surface area contributed by atoms with Crippen LogP contribution < -0.4 is 27.4 Å². The maximum absolute atomic E-state index is 12.7. The van der Waals surface area contributed by atoms with Gasteiger partial charge in [-0.2, -0.15) is 10.2 Å². The summed E-state index contributed by atoms with van der Waals surface area (Å²) in [7, 11) is 0. The lowest BCUT2D eigenvalue weighted by atomic mass is 10.1. The van der Waals surface area contributed by atoms with Crippen molar-refractivity contribution in [3.63, 3.8) is 0 Å². The van der Waals surface area contributed by atoms with Crippen LogP contribution in [0.4, 0.5) is 23.3 Å². The van der Waals surface area contributed by atoms with Crippen LogP contribution in [0.2, 0.25) is 0 Å². The molecule has 2 saturated heterocycles. The standard InChI is InChI=1S/C26H24N8O2.C22H22N8O.ClH/c1-3-4-21(35)33-12-10-19(14-33)34-25-22(24(27)29-15-30-25)23(32-34)17-5-7-18(8-6-17)26(36)31-20-13-16(2)9-11-28-20;1-13-6-9-25-17(10-13)28-22(31)15-4-2-14(3-5-15)19-18-20(23)26-12-27-21(18)30(29-19)16-7-8-24-11-16;/h5-9,11,13,15,19H,10,12,14H2,1-2H3,(H2,27,29,30)(H,28,31,36);2-6,9-10,12,16,24H,7-8,11H2,1H3,(H2,23,26,27)(H,25,28,31);1H/t19-;16-;/m11./s1. The maximum Gasteiger partial charge on any atom is 0.298 e. The number of pyridine rings is 2. The number of hydrogen-bond acceptors (Lipinski definition) is 14. The van der Waals surface area contributed by atoms with Crippen molar-refractivity contribution in [2.75, 3.05) is 48.3 Å². The Morgan fingerprint density at radius 1 is 0.676 bits per heavy atom. The van der Waals surface area contributed by atoms with Crippen LogP contribution in [0, 0.1) is 25.7 Å². The zero-order chi connectivity index (χ0) is 46.6. The van der Waals surface area contributed by atoms with Crippen LogP contribution in [-0.4, -0.2) is 98.3 Å². The summed E-state index contributed by atoms with van der Waals surface area (Å²) in [5.41, 5.74) is 19.8. The molecule has 2 aliphatic heterocycles. The number of carbonyl (C=O) groups excluding carboxylic acids is 3. The van der Waals surface area contributed by atoms with Crippen molar-refractivity contribution < 1.29 is 14.4 Å². The van der Waals surface area contributed by atoms with Crippen LogP contribution in [0.5, 0.6) is 0 Å². The summed E-state index contributed by atoms with van der Waals surface area (Å²) in [4.78, 5) is 64.8. The second kappa shape index (κ2) is 20.0. The molecule has 20 heteroatoms. The van der Waals surface area contributed by atoms with Gasteiger partial charge in [-0.1, -0.05) is 30.2 Å². The molecule has 68 heavy (non-hydrogen) atoms. The van der Waals surface area contributed by atoms with Gasteiger partial charge >= 0.3 is 0 Å². The monoisotopic (exact) mass is 930 g/mol. The lowest BCUT2D eigenvalue weighted by Crippen LogP contribution is -2.28. The molecule has 8 aromatic rings. The van der Waals surface area contributed by atoms with Crippen molar-refractivity contribution >= 4 is 75.5 Å². The predicted molar refractivity (Wildman–Crippen MR) is 262 cm³/mol. The number of anilines is 4. The largest absolute Gasteiger partial charge is 0.383 e. The highest BCUT2D eigenvalue weighted by atomic mass is 35.5. The van der Waals surface area contributed by atoms with Crippen LogP contribution in [0.1, 0.15) is 63.7 Å². The summed E-state index contributed by atoms with van der Waals surface area (Å²) < 4.78 is 3.76. The van der Waals surface area contributed by atoms with Gasteiger partial charge in [0.25, 0.3) is 17.7 Å². The average molecular weight is 931 g/mol. The molecule has 10 rings (SSSR count). The Hall–Kier alpha value is -8.34. The predicted octanol–water partition coefficient (Wildman–Crippen LogP) is 5.82. The van der Waals surface area contributed by atoms with Gasteiger partial charge in [0, 0.05) is 54.3 Å². The van der Waals surface area contributed by atoms with Gasteiger partial charge in [0.15, 0.2) is 11.3 Å². The molecule has 2 atom stereocenters. The van der Waals surface area contributed by atoms with E-state index in [-0.39, 0.29) is 42.2 Å². The fourth-order valence-corrected chi connectivity index (χ4v) is 8.21. The number of nitrogens with one attached hydrogen (secondary N) is 3. The number of amides is 3. The van der Waals surface area contributed by atoms with Gasteiger partial charge in [0.05, 0.1) is 22.9 Å². The summed E-state index contributed by atoms with van der Waals surface area (Å²) in [5, 5.41) is 20.0. The molecule has 0 aliphatic carbocycles. The number of aromatic nitrogens is 10. The fourth-order valence-electron chi connectivity index (χ4n) is 8.21. The van der Waals surface area contributed by atoms with E-state index < -0.39 is 0 Å². The summed E-state index contributed by atoms with van der Waals surface area (Å²) in [6, 6.07) is 21.9. The van der Waals surface area contributed by atoms with Gasteiger partial charge in [0.2, 0.25) is 0 Å². The topological polar surface area (TPSA) is 256 Å². The van der Waals surface area contributed by atoms with Crippen LogP contribution >= 0.6 is 12.4 Å². The van der Waals surface area contributed by atoms with Gasteiger partial charge in [-0.05, 0) is 106 Å². The van der Waals surface area contributed by atoms with Crippen molar-refractivity contribution in [2.24, 2.45) is 0 Å². The third kappa shape index (κ3) is 9.63. The Kier molecular flexibility index (Phi) is 13.6. The molecule has 7 N–H and O–H groups in total. The smallest absolute Gasteiger partial charge is 0.298 e. The van der Waals surface area contributed by atoms with Gasteiger partial charge in [-0.3, -0.25) is 14.4 Å². The lowest BCUT2D eigenvalue weighted by Gasteiger charge is -2.14. The molecule has 344 valence electrons. The Morgan fingerprint density at radius 2 is 1.18 bits per heavy atom. The van der Waals surface area contributed by atoms with Gasteiger partial charge in [-0.15, -0.1) is 12.4 Å². The minimum absolute atomic E-state index is 0. The first kappa shape index (κ1) is 46.2. The molecule has 2 aromatic carbocycles. The number of rotatable bonds is 8. The number of fused-ring (bicyclic) bond motifs is 2. The minimum atomic E-state index is -0.260. The molecule has 0 radical (unpaired) electrons. The van der Waals surface area contributed by atoms with Crippen molar-refractivity contribution in [1.82, 2.24) is 59.7 Å². The SMILES string of the molecule is CC#CC(=O)N1CC[C@@H](n2nc(-c3ccc(C(=O)Nc4cc(C)ccn4)cc3)c3c(N)ncnc32)C1.Cc1ccnc(NC(=O)c2ccc(-c3nn([C@@H]4CCNC4)c4ncnc(N)c34)cc2)c1.Cl. The Morgan fingerprint density at radius 3 is 1.63 bits per heavy atom. The van der Waals surface area contributed by atoms with Gasteiger partial charge in [-0.25, -0.2) is 39.3 Å². The molecule has 0 bridgehead atoms. The highest BCUT2D eigenvalue weighted by Crippen LogP contribution is 2.35. The van der Waals surface area contributed by atoms with E-state index in [0.29, 0.717) is 69.9 Å². The molecule has 0 saturated carbocycles. The first-order valence-electron chi connectivity index (χ1n) is 21.6. The minimum Gasteiger partial charge on any atom is -0.383 e. The number of nitrogens with zero attached hydrogens (tertiary/aromatic N) is 11. The number of nitrogen functional groups attached to an aromatic ring is 2. The number of benzene rings is 2. The zero-order valence-electron chi connectivity index (χ0n) is 37.3. The van der Waals surface area contributed by atoms with E-state index in [1.807, 2.05) is 65.7 Å². The van der Waals surface area contributed by atoms with Gasteiger partial charge in [0.1, 0.15) is 47.3 Å². The van der Waals surface area contributed by atoms with Crippen molar-refractivity contribution in [3.8, 4) is 34.4 Å². The molecule has 2 fully saturated rings. The third-order valence-electron chi connectivity index (χ3n) is 11.6. The Bertz CT molecular complexity index is 3230. The van der Waals surface area contributed by atoms with Gasteiger partial charge < -0.3 is 32.3 Å². The number of hydrogen-bond donors (Lipinski definition) is 5. The first-order valence-corrected chi connectivity index (χ1v) is 21.6. The van der Waals surface area contributed by atoms with Crippen LogP contribution in [0.15, 0.2) is 97.8 Å². The highest BCUT2D eigenvalue weighted by molar-refractivity contribution is 6.06. The highest BCUT2D eigenvalue weighted by Gasteiger charge is 2.31. The van der Waals surface area contributed by atoms with Crippen LogP contribution in [0.3, 0.4) is 0 Å². The number of likely N-dealkylation sites (tertiary alicyclic amines) is 1. The lowest BCUT2D eigenvalue weighted by molar-refractivity contribution is -0.124.